The first-order chi connectivity index (χ1) is 21.7. The van der Waals surface area contributed by atoms with Crippen molar-refractivity contribution in [3.05, 3.63) is 0 Å². The molecular formula is C36H71NO8. The second-order valence-corrected chi connectivity index (χ2v) is 13.7. The first-order valence-electron chi connectivity index (χ1n) is 18.7. The number of aliphatic hydroxyl groups is 6. The minimum atomic E-state index is -1.43. The molecule has 0 aromatic carbocycles. The number of carbonyl (C=O) groups excluding carboxylic acids is 1. The summed E-state index contributed by atoms with van der Waals surface area (Å²) in [5.41, 5.74) is 0. The fourth-order valence-corrected chi connectivity index (χ4v) is 6.44. The molecule has 0 aliphatic carbocycles. The van der Waals surface area contributed by atoms with Crippen LogP contribution in [0.15, 0.2) is 0 Å². The summed E-state index contributed by atoms with van der Waals surface area (Å²) in [6, 6.07) is -0.350. The van der Waals surface area contributed by atoms with Crippen LogP contribution in [-0.4, -0.2) is 91.9 Å². The molecule has 0 aromatic rings. The SMILES string of the molecule is CCCCCCCCCCCCCCCC(O)CCC[C@@H](O)C[C@H](CC[C@H]1O[C@H](CO)[C@@H](O)[C@H](O)[C@H]1O)NC(=O)CCCCC. The van der Waals surface area contributed by atoms with Gasteiger partial charge in [-0.2, -0.15) is 0 Å². The van der Waals surface area contributed by atoms with Gasteiger partial charge < -0.3 is 40.7 Å². The Bertz CT molecular complexity index is 696. The lowest BCUT2D eigenvalue weighted by Gasteiger charge is -2.40. The van der Waals surface area contributed by atoms with Crippen LogP contribution in [0.4, 0.5) is 0 Å². The van der Waals surface area contributed by atoms with Crippen molar-refractivity contribution in [1.29, 1.82) is 0 Å². The lowest BCUT2D eigenvalue weighted by Crippen LogP contribution is -2.58. The van der Waals surface area contributed by atoms with E-state index in [-0.39, 0.29) is 24.5 Å². The van der Waals surface area contributed by atoms with Crippen LogP contribution >= 0.6 is 0 Å². The number of aliphatic hydroxyl groups excluding tert-OH is 6. The highest BCUT2D eigenvalue weighted by Gasteiger charge is 2.43. The second-order valence-electron chi connectivity index (χ2n) is 13.7. The molecule has 0 bridgehead atoms. The highest BCUT2D eigenvalue weighted by molar-refractivity contribution is 5.76. The fourth-order valence-electron chi connectivity index (χ4n) is 6.44. The van der Waals surface area contributed by atoms with Gasteiger partial charge >= 0.3 is 0 Å². The Morgan fingerprint density at radius 2 is 1.11 bits per heavy atom. The molecule has 0 spiro atoms. The molecule has 9 heteroatoms. The first-order valence-corrected chi connectivity index (χ1v) is 18.7. The van der Waals surface area contributed by atoms with E-state index in [1.807, 2.05) is 0 Å². The summed E-state index contributed by atoms with van der Waals surface area (Å²) in [5.74, 6) is -0.0809. The van der Waals surface area contributed by atoms with E-state index >= 15 is 0 Å². The van der Waals surface area contributed by atoms with Crippen molar-refractivity contribution < 1.29 is 40.2 Å². The lowest BCUT2D eigenvalue weighted by atomic mass is 9.90. The molecule has 1 heterocycles. The minimum Gasteiger partial charge on any atom is -0.394 e. The fraction of sp³-hybridized carbons (Fsp3) is 0.972. The van der Waals surface area contributed by atoms with Crippen LogP contribution in [0.2, 0.25) is 0 Å². The second kappa shape index (κ2) is 27.2. The molecular weight excluding hydrogens is 574 g/mol. The molecule has 1 aliphatic rings. The van der Waals surface area contributed by atoms with Crippen LogP contribution in [0.5, 0.6) is 0 Å². The number of carbonyl (C=O) groups is 1. The third kappa shape index (κ3) is 20.2. The molecule has 1 fully saturated rings. The molecule has 1 amide bonds. The lowest BCUT2D eigenvalue weighted by molar-refractivity contribution is -0.230. The van der Waals surface area contributed by atoms with Gasteiger partial charge in [0.2, 0.25) is 5.91 Å². The number of unbranched alkanes of at least 4 members (excludes halogenated alkanes) is 14. The van der Waals surface area contributed by atoms with Gasteiger partial charge in [0.05, 0.1) is 24.9 Å². The monoisotopic (exact) mass is 646 g/mol. The molecule has 0 saturated carbocycles. The Balaban J connectivity index is 2.31. The van der Waals surface area contributed by atoms with E-state index in [4.69, 9.17) is 4.74 Å². The van der Waals surface area contributed by atoms with Crippen LogP contribution in [0.1, 0.15) is 168 Å². The average Bonchev–Trinajstić information content (AvgIpc) is 3.01. The van der Waals surface area contributed by atoms with Crippen LogP contribution in [-0.2, 0) is 9.53 Å². The number of hydrogen-bond acceptors (Lipinski definition) is 8. The van der Waals surface area contributed by atoms with Gasteiger partial charge in [0.1, 0.15) is 24.4 Å². The molecule has 1 saturated heterocycles. The summed E-state index contributed by atoms with van der Waals surface area (Å²) in [6.07, 6.45) is 16.9. The van der Waals surface area contributed by atoms with Crippen molar-refractivity contribution >= 4 is 5.91 Å². The summed E-state index contributed by atoms with van der Waals surface area (Å²) < 4.78 is 5.64. The predicted octanol–water partition coefficient (Wildman–Crippen LogP) is 5.44. The van der Waals surface area contributed by atoms with E-state index in [0.717, 1.165) is 38.5 Å². The summed E-state index contributed by atoms with van der Waals surface area (Å²) in [4.78, 5) is 12.6. The zero-order valence-corrected chi connectivity index (χ0v) is 28.8. The van der Waals surface area contributed by atoms with Crippen molar-refractivity contribution in [3.8, 4) is 0 Å². The Labute approximate surface area is 274 Å². The van der Waals surface area contributed by atoms with Crippen LogP contribution in [0.3, 0.4) is 0 Å². The quantitative estimate of drug-likeness (QED) is 0.0530. The van der Waals surface area contributed by atoms with Crippen molar-refractivity contribution in [2.24, 2.45) is 0 Å². The molecule has 7 N–H and O–H groups in total. The Hall–Kier alpha value is -0.810. The first kappa shape index (κ1) is 42.2. The van der Waals surface area contributed by atoms with E-state index < -0.39 is 43.2 Å². The topological polar surface area (TPSA) is 160 Å². The van der Waals surface area contributed by atoms with Crippen LogP contribution in [0, 0.1) is 0 Å². The van der Waals surface area contributed by atoms with Crippen molar-refractivity contribution in [2.45, 2.75) is 217 Å². The van der Waals surface area contributed by atoms with Crippen LogP contribution in [0.25, 0.3) is 0 Å². The minimum absolute atomic E-state index is 0.0809. The number of amides is 1. The maximum atomic E-state index is 12.6. The molecule has 1 aliphatic heterocycles. The highest BCUT2D eigenvalue weighted by atomic mass is 16.5. The molecule has 0 radical (unpaired) electrons. The zero-order valence-electron chi connectivity index (χ0n) is 28.8. The van der Waals surface area contributed by atoms with Crippen molar-refractivity contribution in [2.75, 3.05) is 6.61 Å². The smallest absolute Gasteiger partial charge is 0.220 e. The van der Waals surface area contributed by atoms with Gasteiger partial charge in [0.15, 0.2) is 0 Å². The molecule has 9 nitrogen and oxygen atoms in total. The normalized spacial score (nSPS) is 24.0. The maximum absolute atomic E-state index is 12.6. The Morgan fingerprint density at radius 3 is 1.69 bits per heavy atom. The molecule has 8 atom stereocenters. The molecule has 0 aromatic heterocycles. The van der Waals surface area contributed by atoms with Crippen molar-refractivity contribution in [1.82, 2.24) is 5.32 Å². The largest absolute Gasteiger partial charge is 0.394 e. The number of ether oxygens (including phenoxy) is 1. The van der Waals surface area contributed by atoms with Crippen molar-refractivity contribution in [3.63, 3.8) is 0 Å². The number of nitrogens with one attached hydrogen (secondary N) is 1. The highest BCUT2D eigenvalue weighted by Crippen LogP contribution is 2.25. The number of rotatable bonds is 29. The molecule has 1 unspecified atom stereocenters. The Kier molecular flexibility index (Phi) is 25.5. The van der Waals surface area contributed by atoms with Gasteiger partial charge in [-0.3, -0.25) is 4.79 Å². The third-order valence-corrected chi connectivity index (χ3v) is 9.44. The van der Waals surface area contributed by atoms with Gasteiger partial charge in [0.25, 0.3) is 0 Å². The molecule has 45 heavy (non-hydrogen) atoms. The molecule has 1 rings (SSSR count). The zero-order chi connectivity index (χ0) is 33.3. The van der Waals surface area contributed by atoms with E-state index in [1.165, 1.54) is 70.6 Å². The van der Waals surface area contributed by atoms with Gasteiger partial charge in [-0.05, 0) is 51.4 Å². The summed E-state index contributed by atoms with van der Waals surface area (Å²) in [7, 11) is 0. The standard InChI is InChI=1S/C36H71NO8/c1-3-5-7-8-9-10-11-12-13-14-15-16-18-20-29(39)21-19-22-30(40)26-28(37-33(41)23-17-6-4-2)24-25-31-34(42)36(44)35(43)32(27-38)45-31/h28-32,34-36,38-40,42-44H,3-27H2,1-2H3,(H,37,41)/t28-,29?,30+,31+,32+,34-,35+,36+/m0/s1. The number of hydrogen-bond donors (Lipinski definition) is 7. The predicted molar refractivity (Wildman–Crippen MR) is 180 cm³/mol. The van der Waals surface area contributed by atoms with Gasteiger partial charge in [-0.1, -0.05) is 110 Å². The van der Waals surface area contributed by atoms with Gasteiger partial charge in [-0.15, -0.1) is 0 Å². The Morgan fingerprint density at radius 1 is 0.622 bits per heavy atom. The third-order valence-electron chi connectivity index (χ3n) is 9.44. The van der Waals surface area contributed by atoms with E-state index in [2.05, 4.69) is 19.2 Å². The summed E-state index contributed by atoms with van der Waals surface area (Å²) in [6.45, 7) is 3.85. The summed E-state index contributed by atoms with van der Waals surface area (Å²) >= 11 is 0. The summed E-state index contributed by atoms with van der Waals surface area (Å²) in [5, 5.41) is 64.3. The van der Waals surface area contributed by atoms with E-state index in [1.54, 1.807) is 0 Å². The van der Waals surface area contributed by atoms with E-state index in [9.17, 15) is 35.4 Å². The average molecular weight is 646 g/mol. The van der Waals surface area contributed by atoms with Gasteiger partial charge in [-0.25, -0.2) is 0 Å². The van der Waals surface area contributed by atoms with E-state index in [0.29, 0.717) is 38.5 Å². The van der Waals surface area contributed by atoms with Crippen LogP contribution < -0.4 is 5.32 Å². The van der Waals surface area contributed by atoms with Gasteiger partial charge in [0, 0.05) is 12.5 Å². The maximum Gasteiger partial charge on any atom is 0.220 e. The molecule has 268 valence electrons.